The molecule has 0 aliphatic carbocycles. The summed E-state index contributed by atoms with van der Waals surface area (Å²) in [5.41, 5.74) is 1.10. The Balaban J connectivity index is 2.28. The fraction of sp³-hybridized carbons (Fsp3) is 0.400. The van der Waals surface area contributed by atoms with E-state index in [9.17, 15) is 8.78 Å². The van der Waals surface area contributed by atoms with Gasteiger partial charge in [-0.15, -0.1) is 0 Å². The van der Waals surface area contributed by atoms with Gasteiger partial charge in [-0.25, -0.2) is 13.5 Å². The van der Waals surface area contributed by atoms with Crippen molar-refractivity contribution in [2.75, 3.05) is 6.54 Å². The van der Waals surface area contributed by atoms with Crippen molar-refractivity contribution in [3.63, 3.8) is 0 Å². The number of aromatic nitrogens is 2. The minimum atomic E-state index is -2.57. The number of rotatable bonds is 6. The van der Waals surface area contributed by atoms with Gasteiger partial charge in [-0.1, -0.05) is 35.8 Å². The van der Waals surface area contributed by atoms with Gasteiger partial charge in [0.2, 0.25) is 0 Å². The third-order valence-electron chi connectivity index (χ3n) is 3.01. The van der Waals surface area contributed by atoms with E-state index in [-0.39, 0.29) is 5.69 Å². The Kier molecular flexibility index (Phi) is 5.47. The second-order valence-electron chi connectivity index (χ2n) is 5.27. The van der Waals surface area contributed by atoms with E-state index in [1.807, 2.05) is 6.07 Å². The smallest absolute Gasteiger partial charge is 0.280 e. The second kappa shape index (κ2) is 7.13. The molecule has 21 heavy (non-hydrogen) atoms. The van der Waals surface area contributed by atoms with E-state index >= 15 is 0 Å². The summed E-state index contributed by atoms with van der Waals surface area (Å²) in [6.07, 6.45) is -1.06. The van der Waals surface area contributed by atoms with Crippen LogP contribution in [-0.4, -0.2) is 16.3 Å². The third-order valence-corrected chi connectivity index (χ3v) is 3.51. The standard InChI is InChI=1S/C15H18BrF2N3/c1-10(2)7-19-8-11-9-20-21(14(11)15(17)18)13-5-3-4-12(16)6-13/h3-6,9-10,15,19H,7-8H2,1-2H3. The highest BCUT2D eigenvalue weighted by molar-refractivity contribution is 9.10. The molecule has 0 radical (unpaired) electrons. The summed E-state index contributed by atoms with van der Waals surface area (Å²) in [6, 6.07) is 7.17. The lowest BCUT2D eigenvalue weighted by Crippen LogP contribution is -2.19. The van der Waals surface area contributed by atoms with Gasteiger partial charge in [-0.05, 0) is 30.7 Å². The molecule has 3 nitrogen and oxygen atoms in total. The maximum Gasteiger partial charge on any atom is 0.280 e. The fourth-order valence-corrected chi connectivity index (χ4v) is 2.46. The molecule has 0 bridgehead atoms. The summed E-state index contributed by atoms with van der Waals surface area (Å²) in [5, 5.41) is 7.30. The number of hydrogen-bond acceptors (Lipinski definition) is 2. The van der Waals surface area contributed by atoms with Gasteiger partial charge in [0, 0.05) is 16.6 Å². The van der Waals surface area contributed by atoms with Gasteiger partial charge in [0.15, 0.2) is 0 Å². The van der Waals surface area contributed by atoms with E-state index in [1.165, 1.54) is 10.9 Å². The molecule has 1 N–H and O–H groups in total. The lowest BCUT2D eigenvalue weighted by atomic mass is 10.2. The van der Waals surface area contributed by atoms with Crippen molar-refractivity contribution in [3.05, 3.63) is 46.2 Å². The van der Waals surface area contributed by atoms with Gasteiger partial charge in [0.1, 0.15) is 5.69 Å². The largest absolute Gasteiger partial charge is 0.312 e. The topological polar surface area (TPSA) is 29.9 Å². The first-order chi connectivity index (χ1) is 9.99. The second-order valence-corrected chi connectivity index (χ2v) is 6.19. The van der Waals surface area contributed by atoms with Crippen LogP contribution in [-0.2, 0) is 6.54 Å². The minimum Gasteiger partial charge on any atom is -0.312 e. The van der Waals surface area contributed by atoms with Crippen molar-refractivity contribution < 1.29 is 8.78 Å². The predicted octanol–water partition coefficient (Wildman–Crippen LogP) is 4.32. The van der Waals surface area contributed by atoms with Gasteiger partial charge in [0.05, 0.1) is 11.9 Å². The molecule has 114 valence electrons. The normalized spacial score (nSPS) is 11.6. The van der Waals surface area contributed by atoms with Gasteiger partial charge in [-0.3, -0.25) is 0 Å². The summed E-state index contributed by atoms with van der Waals surface area (Å²) in [6.45, 7) is 5.33. The molecule has 1 heterocycles. The first-order valence-electron chi connectivity index (χ1n) is 6.80. The summed E-state index contributed by atoms with van der Waals surface area (Å²) in [7, 11) is 0. The fourth-order valence-electron chi connectivity index (χ4n) is 2.07. The van der Waals surface area contributed by atoms with E-state index in [0.717, 1.165) is 11.0 Å². The molecule has 2 rings (SSSR count). The van der Waals surface area contributed by atoms with E-state index < -0.39 is 6.43 Å². The molecule has 0 amide bonds. The molecule has 0 saturated carbocycles. The van der Waals surface area contributed by atoms with E-state index in [0.29, 0.717) is 23.7 Å². The number of nitrogens with zero attached hydrogens (tertiary/aromatic N) is 2. The molecule has 0 atom stereocenters. The Morgan fingerprint density at radius 2 is 2.10 bits per heavy atom. The van der Waals surface area contributed by atoms with E-state index in [1.54, 1.807) is 18.2 Å². The van der Waals surface area contributed by atoms with Crippen LogP contribution in [0.4, 0.5) is 8.78 Å². The summed E-state index contributed by atoms with van der Waals surface area (Å²) in [5.74, 6) is 0.472. The van der Waals surface area contributed by atoms with Crippen molar-refractivity contribution >= 4 is 15.9 Å². The minimum absolute atomic E-state index is 0.0515. The molecule has 0 aliphatic rings. The average molecular weight is 358 g/mol. The molecule has 0 unspecified atom stereocenters. The van der Waals surface area contributed by atoms with Gasteiger partial charge in [0.25, 0.3) is 6.43 Å². The molecule has 1 aromatic heterocycles. The summed E-state index contributed by atoms with van der Waals surface area (Å²) < 4.78 is 28.9. The number of alkyl halides is 2. The molecular formula is C15H18BrF2N3. The maximum atomic E-state index is 13.4. The molecule has 2 aromatic rings. The number of nitrogens with one attached hydrogen (secondary N) is 1. The Hall–Kier alpha value is -1.27. The number of benzene rings is 1. The van der Waals surface area contributed by atoms with Crippen LogP contribution in [0.5, 0.6) is 0 Å². The van der Waals surface area contributed by atoms with Crippen molar-refractivity contribution in [3.8, 4) is 5.69 Å². The molecule has 6 heteroatoms. The van der Waals surface area contributed by atoms with Crippen LogP contribution < -0.4 is 5.32 Å². The first-order valence-corrected chi connectivity index (χ1v) is 7.60. The third kappa shape index (κ3) is 4.11. The Labute approximate surface area is 131 Å². The Morgan fingerprint density at radius 1 is 1.33 bits per heavy atom. The highest BCUT2D eigenvalue weighted by atomic mass is 79.9. The van der Waals surface area contributed by atoms with Crippen LogP contribution in [0.15, 0.2) is 34.9 Å². The maximum absolute atomic E-state index is 13.4. The van der Waals surface area contributed by atoms with Crippen LogP contribution in [0, 0.1) is 5.92 Å². The quantitative estimate of drug-likeness (QED) is 0.834. The monoisotopic (exact) mass is 357 g/mol. The molecule has 0 spiro atoms. The van der Waals surface area contributed by atoms with Crippen molar-refractivity contribution in [1.29, 1.82) is 0 Å². The number of hydrogen-bond donors (Lipinski definition) is 1. The van der Waals surface area contributed by atoms with Crippen LogP contribution in [0.2, 0.25) is 0 Å². The highest BCUT2D eigenvalue weighted by Gasteiger charge is 2.20. The summed E-state index contributed by atoms with van der Waals surface area (Å²) >= 11 is 3.34. The summed E-state index contributed by atoms with van der Waals surface area (Å²) in [4.78, 5) is 0. The van der Waals surface area contributed by atoms with Crippen LogP contribution in [0.25, 0.3) is 5.69 Å². The van der Waals surface area contributed by atoms with Gasteiger partial charge >= 0.3 is 0 Å². The van der Waals surface area contributed by atoms with Crippen molar-refractivity contribution in [1.82, 2.24) is 15.1 Å². The van der Waals surface area contributed by atoms with Gasteiger partial charge in [-0.2, -0.15) is 5.10 Å². The Morgan fingerprint density at radius 3 is 2.71 bits per heavy atom. The molecule has 0 aliphatic heterocycles. The first kappa shape index (κ1) is 16.1. The predicted molar refractivity (Wildman–Crippen MR) is 82.8 cm³/mol. The van der Waals surface area contributed by atoms with Gasteiger partial charge < -0.3 is 5.32 Å². The number of halogens is 3. The molecule has 0 saturated heterocycles. The molecule has 1 aromatic carbocycles. The Bertz CT molecular complexity index is 596. The van der Waals surface area contributed by atoms with Crippen LogP contribution in [0.3, 0.4) is 0 Å². The van der Waals surface area contributed by atoms with E-state index in [4.69, 9.17) is 0 Å². The zero-order chi connectivity index (χ0) is 15.4. The SMILES string of the molecule is CC(C)CNCc1cnn(-c2cccc(Br)c2)c1C(F)F. The lowest BCUT2D eigenvalue weighted by molar-refractivity contribution is 0.141. The highest BCUT2D eigenvalue weighted by Crippen LogP contribution is 2.26. The van der Waals surface area contributed by atoms with Crippen molar-refractivity contribution in [2.24, 2.45) is 5.92 Å². The van der Waals surface area contributed by atoms with Crippen LogP contribution in [0.1, 0.15) is 31.5 Å². The van der Waals surface area contributed by atoms with E-state index in [2.05, 4.69) is 40.2 Å². The zero-order valence-electron chi connectivity index (χ0n) is 12.0. The molecule has 0 fully saturated rings. The van der Waals surface area contributed by atoms with Crippen LogP contribution >= 0.6 is 15.9 Å². The average Bonchev–Trinajstić information content (AvgIpc) is 2.82. The lowest BCUT2D eigenvalue weighted by Gasteiger charge is -2.11. The zero-order valence-corrected chi connectivity index (χ0v) is 13.6. The van der Waals surface area contributed by atoms with Crippen molar-refractivity contribution in [2.45, 2.75) is 26.8 Å². The molecular weight excluding hydrogens is 340 g/mol.